The zero-order valence-electron chi connectivity index (χ0n) is 21.3. The molecule has 0 aliphatic carbocycles. The average Bonchev–Trinajstić information content (AvgIpc) is 3.70. The maximum absolute atomic E-state index is 13.8. The van der Waals surface area contributed by atoms with Crippen LogP contribution >= 0.6 is 0 Å². The highest BCUT2D eigenvalue weighted by Crippen LogP contribution is 2.41. The molecule has 0 N–H and O–H groups in total. The lowest BCUT2D eigenvalue weighted by molar-refractivity contribution is 0.103. The van der Waals surface area contributed by atoms with E-state index in [0.717, 1.165) is 39.6 Å². The summed E-state index contributed by atoms with van der Waals surface area (Å²) in [6.07, 6.45) is 4.56. The summed E-state index contributed by atoms with van der Waals surface area (Å²) in [5, 5.41) is 2.18. The first-order valence-electron chi connectivity index (χ1n) is 13.2. The van der Waals surface area contributed by atoms with E-state index in [9.17, 15) is 4.79 Å². The van der Waals surface area contributed by atoms with Crippen LogP contribution in [0.5, 0.6) is 5.75 Å². The van der Waals surface area contributed by atoms with Crippen LogP contribution in [-0.2, 0) is 12.0 Å². The highest BCUT2D eigenvalue weighted by molar-refractivity contribution is 6.09. The van der Waals surface area contributed by atoms with Crippen molar-refractivity contribution < 1.29 is 9.53 Å². The fraction of sp³-hybridized carbons (Fsp3) is 0.0857. The number of ether oxygens (including phenoxy) is 1. The van der Waals surface area contributed by atoms with Gasteiger partial charge in [0.2, 0.25) is 5.78 Å². The number of imidazole rings is 1. The Balaban J connectivity index is 1.37. The van der Waals surface area contributed by atoms with Gasteiger partial charge in [-0.3, -0.25) is 4.79 Å². The summed E-state index contributed by atoms with van der Waals surface area (Å²) < 4.78 is 7.79. The third-order valence-corrected chi connectivity index (χ3v) is 7.74. The summed E-state index contributed by atoms with van der Waals surface area (Å²) in [6, 6.07) is 41.1. The van der Waals surface area contributed by atoms with E-state index in [1.165, 1.54) is 5.56 Å². The van der Waals surface area contributed by atoms with Crippen LogP contribution in [0, 0.1) is 0 Å². The lowest BCUT2D eigenvalue weighted by atomic mass is 9.77. The molecule has 0 saturated heterocycles. The van der Waals surface area contributed by atoms with Crippen LogP contribution in [0.15, 0.2) is 134 Å². The van der Waals surface area contributed by atoms with Crippen LogP contribution in [0.25, 0.3) is 10.8 Å². The maximum Gasteiger partial charge on any atom is 0.212 e. The normalized spacial score (nSPS) is 12.7. The second-order valence-corrected chi connectivity index (χ2v) is 9.88. The molecule has 0 unspecified atom stereocenters. The highest BCUT2D eigenvalue weighted by atomic mass is 16.5. The van der Waals surface area contributed by atoms with Crippen LogP contribution in [0.1, 0.15) is 38.3 Å². The Bertz CT molecular complexity index is 1690. The van der Waals surface area contributed by atoms with Crippen molar-refractivity contribution in [3.8, 4) is 5.75 Å². The Morgan fingerprint density at radius 2 is 1.36 bits per heavy atom. The summed E-state index contributed by atoms with van der Waals surface area (Å²) in [5.41, 5.74) is 4.79. The lowest BCUT2D eigenvalue weighted by Crippen LogP contribution is -2.37. The van der Waals surface area contributed by atoms with Crippen LogP contribution in [0.3, 0.4) is 0 Å². The van der Waals surface area contributed by atoms with Gasteiger partial charge in [-0.1, -0.05) is 109 Å². The standard InChI is InChI=1S/C35H26N2O2/c38-34(26-16-18-30-25(22-26)17-19-33-31(30)20-21-39-33)32-23-37(24-36-32)35(27-10-4-1-5-11-27,28-12-6-2-7-13-28)29-14-8-3-9-15-29/h1-19,22-24H,20-21H2. The average molecular weight is 507 g/mol. The molecular weight excluding hydrogens is 480 g/mol. The summed E-state index contributed by atoms with van der Waals surface area (Å²) in [6.45, 7) is 0.707. The van der Waals surface area contributed by atoms with E-state index in [1.807, 2.05) is 54.7 Å². The molecule has 0 bridgehead atoms. The van der Waals surface area contributed by atoms with E-state index in [0.29, 0.717) is 17.9 Å². The van der Waals surface area contributed by atoms with Crippen molar-refractivity contribution in [2.24, 2.45) is 0 Å². The van der Waals surface area contributed by atoms with E-state index >= 15 is 0 Å². The molecule has 7 rings (SSSR count). The van der Waals surface area contributed by atoms with Gasteiger partial charge in [0, 0.05) is 23.7 Å². The van der Waals surface area contributed by atoms with E-state index in [1.54, 1.807) is 6.33 Å². The minimum absolute atomic E-state index is 0.101. The number of ketones is 1. The Morgan fingerprint density at radius 1 is 0.744 bits per heavy atom. The fourth-order valence-electron chi connectivity index (χ4n) is 5.93. The van der Waals surface area contributed by atoms with Crippen LogP contribution < -0.4 is 4.74 Å². The molecule has 4 heteroatoms. The number of aromatic nitrogens is 2. The first kappa shape index (κ1) is 23.2. The monoisotopic (exact) mass is 506 g/mol. The first-order valence-corrected chi connectivity index (χ1v) is 13.2. The molecule has 5 aromatic carbocycles. The van der Waals surface area contributed by atoms with Crippen LogP contribution in [0.4, 0.5) is 0 Å². The number of hydrogen-bond acceptors (Lipinski definition) is 3. The molecule has 1 aromatic heterocycles. The van der Waals surface area contributed by atoms with Crippen molar-refractivity contribution in [2.75, 3.05) is 6.61 Å². The van der Waals surface area contributed by atoms with Gasteiger partial charge in [0.25, 0.3) is 0 Å². The first-order chi connectivity index (χ1) is 19.2. The zero-order valence-corrected chi connectivity index (χ0v) is 21.3. The number of hydrogen-bond donors (Lipinski definition) is 0. The van der Waals surface area contributed by atoms with E-state index in [2.05, 4.69) is 82.3 Å². The molecule has 39 heavy (non-hydrogen) atoms. The fourth-order valence-corrected chi connectivity index (χ4v) is 5.93. The van der Waals surface area contributed by atoms with Crippen molar-refractivity contribution >= 4 is 16.6 Å². The molecule has 4 nitrogen and oxygen atoms in total. The van der Waals surface area contributed by atoms with Gasteiger partial charge in [0.05, 0.1) is 12.9 Å². The van der Waals surface area contributed by atoms with Crippen molar-refractivity contribution in [3.63, 3.8) is 0 Å². The largest absolute Gasteiger partial charge is 0.493 e. The Morgan fingerprint density at radius 3 is 1.97 bits per heavy atom. The molecule has 1 aliphatic rings. The molecular formula is C35H26N2O2. The van der Waals surface area contributed by atoms with Gasteiger partial charge in [0.1, 0.15) is 17.0 Å². The van der Waals surface area contributed by atoms with Gasteiger partial charge in [-0.25, -0.2) is 4.98 Å². The topological polar surface area (TPSA) is 44.1 Å². The summed E-state index contributed by atoms with van der Waals surface area (Å²) >= 11 is 0. The van der Waals surface area contributed by atoms with E-state index in [4.69, 9.17) is 4.74 Å². The number of nitrogens with zero attached hydrogens (tertiary/aromatic N) is 2. The van der Waals surface area contributed by atoms with Crippen LogP contribution in [0.2, 0.25) is 0 Å². The van der Waals surface area contributed by atoms with Gasteiger partial charge in [-0.2, -0.15) is 0 Å². The number of fused-ring (bicyclic) bond motifs is 3. The molecule has 0 fully saturated rings. The van der Waals surface area contributed by atoms with Gasteiger partial charge in [-0.15, -0.1) is 0 Å². The molecule has 0 atom stereocenters. The van der Waals surface area contributed by atoms with Crippen molar-refractivity contribution in [2.45, 2.75) is 12.0 Å². The quantitative estimate of drug-likeness (QED) is 0.180. The predicted octanol–water partition coefficient (Wildman–Crippen LogP) is 7.04. The number of carbonyl (C=O) groups excluding carboxylic acids is 1. The summed E-state index contributed by atoms with van der Waals surface area (Å²) in [5.74, 6) is 0.842. The smallest absolute Gasteiger partial charge is 0.212 e. The number of rotatable bonds is 6. The lowest BCUT2D eigenvalue weighted by Gasteiger charge is -2.37. The molecule has 0 radical (unpaired) electrons. The minimum atomic E-state index is -0.709. The second-order valence-electron chi connectivity index (χ2n) is 9.88. The van der Waals surface area contributed by atoms with Gasteiger partial charge in [0.15, 0.2) is 0 Å². The van der Waals surface area contributed by atoms with Crippen molar-refractivity contribution in [3.05, 3.63) is 167 Å². The molecule has 0 saturated carbocycles. The highest BCUT2D eigenvalue weighted by Gasteiger charge is 2.38. The third-order valence-electron chi connectivity index (χ3n) is 7.74. The predicted molar refractivity (Wildman–Crippen MR) is 153 cm³/mol. The Labute approximate surface area is 227 Å². The van der Waals surface area contributed by atoms with Gasteiger partial charge >= 0.3 is 0 Å². The van der Waals surface area contributed by atoms with Crippen molar-refractivity contribution in [1.29, 1.82) is 0 Å². The molecule has 0 amide bonds. The molecule has 188 valence electrons. The second kappa shape index (κ2) is 9.41. The zero-order chi connectivity index (χ0) is 26.2. The van der Waals surface area contributed by atoms with Gasteiger partial charge < -0.3 is 9.30 Å². The number of benzene rings is 5. The third kappa shape index (κ3) is 3.76. The Kier molecular flexibility index (Phi) is 5.59. The molecule has 1 aliphatic heterocycles. The molecule has 2 heterocycles. The summed E-state index contributed by atoms with van der Waals surface area (Å²) in [7, 11) is 0. The summed E-state index contributed by atoms with van der Waals surface area (Å²) in [4.78, 5) is 18.4. The molecule has 6 aromatic rings. The minimum Gasteiger partial charge on any atom is -0.493 e. The van der Waals surface area contributed by atoms with Crippen LogP contribution in [-0.4, -0.2) is 21.9 Å². The van der Waals surface area contributed by atoms with Gasteiger partial charge in [-0.05, 0) is 39.6 Å². The van der Waals surface area contributed by atoms with E-state index < -0.39 is 5.54 Å². The van der Waals surface area contributed by atoms with Crippen molar-refractivity contribution in [1.82, 2.24) is 9.55 Å². The SMILES string of the molecule is O=C(c1ccc2c3c(ccc2c1)OCC3)c1cn(C(c2ccccc2)(c2ccccc2)c2ccccc2)cn1. The van der Waals surface area contributed by atoms with E-state index in [-0.39, 0.29) is 5.78 Å². The Hall–Kier alpha value is -4.96. The maximum atomic E-state index is 13.8. The molecule has 0 spiro atoms. The number of carbonyl (C=O) groups is 1.